The Balaban J connectivity index is 1.31. The van der Waals surface area contributed by atoms with Gasteiger partial charge in [-0.2, -0.15) is 0 Å². The Hall–Kier alpha value is -3.32. The van der Waals surface area contributed by atoms with Crippen LogP contribution < -0.4 is 15.4 Å². The maximum Gasteiger partial charge on any atom is 0.226 e. The van der Waals surface area contributed by atoms with E-state index >= 15 is 0 Å². The molecule has 7 nitrogen and oxygen atoms in total. The molecule has 4 rings (SSSR count). The zero-order valence-corrected chi connectivity index (χ0v) is 19.6. The quantitative estimate of drug-likeness (QED) is 0.396. The lowest BCUT2D eigenvalue weighted by molar-refractivity contribution is 0.166. The van der Waals surface area contributed by atoms with Gasteiger partial charge in [0, 0.05) is 37.2 Å². The Kier molecular flexibility index (Phi) is 7.62. The fourth-order valence-electron chi connectivity index (χ4n) is 3.66. The van der Waals surface area contributed by atoms with Crippen molar-refractivity contribution in [3.63, 3.8) is 0 Å². The molecule has 0 amide bonds. The van der Waals surface area contributed by atoms with Crippen LogP contribution in [0.5, 0.6) is 5.75 Å². The molecule has 1 saturated heterocycles. The molecule has 0 saturated carbocycles. The molecule has 1 aliphatic heterocycles. The normalized spacial score (nSPS) is 16.1. The summed E-state index contributed by atoms with van der Waals surface area (Å²) in [5.74, 6) is 2.67. The summed E-state index contributed by atoms with van der Waals surface area (Å²) >= 11 is 0. The average molecular weight is 449 g/mol. The number of aryl methyl sites for hydroxylation is 2. The largest absolute Gasteiger partial charge is 0.493 e. The van der Waals surface area contributed by atoms with Crippen LogP contribution in [-0.2, 0) is 17.8 Å². The minimum absolute atomic E-state index is 0.466. The van der Waals surface area contributed by atoms with Gasteiger partial charge in [0.2, 0.25) is 5.89 Å². The molecule has 3 aromatic rings. The molecule has 2 N–H and O–H groups in total. The number of benzene rings is 2. The van der Waals surface area contributed by atoms with Crippen molar-refractivity contribution in [3.05, 3.63) is 71.1 Å². The van der Waals surface area contributed by atoms with Crippen LogP contribution in [0.3, 0.4) is 0 Å². The molecule has 0 spiro atoms. The fraction of sp³-hybridized carbons (Fsp3) is 0.385. The van der Waals surface area contributed by atoms with Gasteiger partial charge in [-0.05, 0) is 44.0 Å². The van der Waals surface area contributed by atoms with E-state index in [1.54, 1.807) is 13.3 Å². The topological polar surface area (TPSA) is 80.9 Å². The van der Waals surface area contributed by atoms with Gasteiger partial charge in [-0.25, -0.2) is 4.98 Å². The summed E-state index contributed by atoms with van der Waals surface area (Å²) in [6.45, 7) is 7.53. The van der Waals surface area contributed by atoms with Gasteiger partial charge in [0.1, 0.15) is 12.0 Å². The zero-order chi connectivity index (χ0) is 23.0. The number of nitrogens with zero attached hydrogens (tertiary/aromatic N) is 2. The van der Waals surface area contributed by atoms with Crippen LogP contribution in [0, 0.1) is 19.8 Å². The highest BCUT2D eigenvalue weighted by molar-refractivity contribution is 5.79. The standard InChI is InChI=1S/C26H32N4O3/c1-18-4-7-21(8-5-18)25-30-23(17-33-25)14-29-26(27-3)28-13-22-9-6-19(2)12-24(22)32-16-20-10-11-31-15-20/h4-9,12,17,20H,10-11,13-16H2,1-3H3,(H2,27,28,29). The van der Waals surface area contributed by atoms with E-state index < -0.39 is 0 Å². The summed E-state index contributed by atoms with van der Waals surface area (Å²) < 4.78 is 17.3. The van der Waals surface area contributed by atoms with E-state index in [4.69, 9.17) is 13.9 Å². The van der Waals surface area contributed by atoms with Crippen molar-refractivity contribution in [2.75, 3.05) is 26.9 Å². The highest BCUT2D eigenvalue weighted by Gasteiger charge is 2.17. The van der Waals surface area contributed by atoms with Crippen molar-refractivity contribution in [1.82, 2.24) is 15.6 Å². The van der Waals surface area contributed by atoms with E-state index in [2.05, 4.69) is 52.7 Å². The second-order valence-corrected chi connectivity index (χ2v) is 8.44. The van der Waals surface area contributed by atoms with E-state index in [1.165, 1.54) is 11.1 Å². The molecular formula is C26H32N4O3. The van der Waals surface area contributed by atoms with Crippen LogP contribution in [0.25, 0.3) is 11.5 Å². The summed E-state index contributed by atoms with van der Waals surface area (Å²) in [7, 11) is 1.75. The number of ether oxygens (including phenoxy) is 2. The van der Waals surface area contributed by atoms with Crippen molar-refractivity contribution in [3.8, 4) is 17.2 Å². The second kappa shape index (κ2) is 11.0. The first-order valence-corrected chi connectivity index (χ1v) is 11.4. The number of guanidine groups is 1. The van der Waals surface area contributed by atoms with E-state index in [1.807, 2.05) is 24.3 Å². The third-order valence-electron chi connectivity index (χ3n) is 5.68. The first kappa shape index (κ1) is 22.9. The summed E-state index contributed by atoms with van der Waals surface area (Å²) in [5.41, 5.74) is 5.24. The second-order valence-electron chi connectivity index (χ2n) is 8.44. The number of aromatic nitrogens is 1. The van der Waals surface area contributed by atoms with Crippen LogP contribution >= 0.6 is 0 Å². The van der Waals surface area contributed by atoms with Gasteiger partial charge in [0.15, 0.2) is 5.96 Å². The molecule has 174 valence electrons. The van der Waals surface area contributed by atoms with Crippen LogP contribution in [0.4, 0.5) is 0 Å². The van der Waals surface area contributed by atoms with Gasteiger partial charge < -0.3 is 24.5 Å². The first-order chi connectivity index (χ1) is 16.1. The smallest absolute Gasteiger partial charge is 0.226 e. The number of rotatable bonds is 8. The molecule has 0 bridgehead atoms. The Bertz CT molecular complexity index is 1070. The molecule has 1 aromatic heterocycles. The molecule has 2 heterocycles. The van der Waals surface area contributed by atoms with Crippen molar-refractivity contribution in [1.29, 1.82) is 0 Å². The van der Waals surface area contributed by atoms with E-state index in [0.717, 1.165) is 42.2 Å². The predicted molar refractivity (Wildman–Crippen MR) is 129 cm³/mol. The number of oxazole rings is 1. The van der Waals surface area contributed by atoms with Crippen LogP contribution in [0.15, 0.2) is 58.1 Å². The monoisotopic (exact) mass is 448 g/mol. The van der Waals surface area contributed by atoms with Crippen LogP contribution in [0.2, 0.25) is 0 Å². The molecule has 0 radical (unpaired) electrons. The number of nitrogens with one attached hydrogen (secondary N) is 2. The molecular weight excluding hydrogens is 416 g/mol. The molecule has 0 aliphatic carbocycles. The summed E-state index contributed by atoms with van der Waals surface area (Å²) in [6.07, 6.45) is 2.73. The van der Waals surface area contributed by atoms with Crippen molar-refractivity contribution >= 4 is 5.96 Å². The van der Waals surface area contributed by atoms with Crippen LogP contribution in [0.1, 0.15) is 28.8 Å². The van der Waals surface area contributed by atoms with Gasteiger partial charge >= 0.3 is 0 Å². The van der Waals surface area contributed by atoms with E-state index in [-0.39, 0.29) is 0 Å². The lowest BCUT2D eigenvalue weighted by Gasteiger charge is -2.16. The minimum Gasteiger partial charge on any atom is -0.493 e. The molecule has 2 aromatic carbocycles. The molecule has 33 heavy (non-hydrogen) atoms. The number of aliphatic imine (C=N–C) groups is 1. The van der Waals surface area contributed by atoms with Crippen molar-refractivity contribution in [2.24, 2.45) is 10.9 Å². The Morgan fingerprint density at radius 3 is 2.64 bits per heavy atom. The Morgan fingerprint density at radius 2 is 1.88 bits per heavy atom. The van der Waals surface area contributed by atoms with E-state index in [0.29, 0.717) is 37.5 Å². The SMILES string of the molecule is CN=C(NCc1coc(-c2ccc(C)cc2)n1)NCc1ccc(C)cc1OCC1CCOC1. The van der Waals surface area contributed by atoms with Crippen molar-refractivity contribution in [2.45, 2.75) is 33.4 Å². The molecule has 1 aliphatic rings. The molecule has 1 fully saturated rings. The van der Waals surface area contributed by atoms with Crippen molar-refractivity contribution < 1.29 is 13.9 Å². The van der Waals surface area contributed by atoms with Gasteiger partial charge in [0.05, 0.1) is 25.5 Å². The highest BCUT2D eigenvalue weighted by Crippen LogP contribution is 2.23. The average Bonchev–Trinajstić information content (AvgIpc) is 3.51. The summed E-state index contributed by atoms with van der Waals surface area (Å²) in [6, 6.07) is 14.4. The third-order valence-corrected chi connectivity index (χ3v) is 5.68. The summed E-state index contributed by atoms with van der Waals surface area (Å²) in [5, 5.41) is 6.66. The Morgan fingerprint density at radius 1 is 1.09 bits per heavy atom. The molecule has 1 unspecified atom stereocenters. The third kappa shape index (κ3) is 6.35. The maximum absolute atomic E-state index is 6.15. The first-order valence-electron chi connectivity index (χ1n) is 11.4. The molecule has 7 heteroatoms. The van der Waals surface area contributed by atoms with Gasteiger partial charge in [0.25, 0.3) is 0 Å². The van der Waals surface area contributed by atoms with Crippen LogP contribution in [-0.4, -0.2) is 37.8 Å². The number of hydrogen-bond donors (Lipinski definition) is 2. The lowest BCUT2D eigenvalue weighted by Crippen LogP contribution is -2.36. The lowest BCUT2D eigenvalue weighted by atomic mass is 10.1. The predicted octanol–water partition coefficient (Wildman–Crippen LogP) is 4.24. The van der Waals surface area contributed by atoms with E-state index in [9.17, 15) is 0 Å². The minimum atomic E-state index is 0.466. The highest BCUT2D eigenvalue weighted by atomic mass is 16.5. The Labute approximate surface area is 195 Å². The molecule has 1 atom stereocenters. The van der Waals surface area contributed by atoms with Gasteiger partial charge in [-0.1, -0.05) is 29.8 Å². The zero-order valence-electron chi connectivity index (χ0n) is 19.6. The van der Waals surface area contributed by atoms with Gasteiger partial charge in [-0.15, -0.1) is 0 Å². The number of hydrogen-bond acceptors (Lipinski definition) is 5. The fourth-order valence-corrected chi connectivity index (χ4v) is 3.66. The van der Waals surface area contributed by atoms with Gasteiger partial charge in [-0.3, -0.25) is 4.99 Å². The summed E-state index contributed by atoms with van der Waals surface area (Å²) in [4.78, 5) is 8.91. The maximum atomic E-state index is 6.15.